The molecule has 1 amide bonds. The number of nitrogens with one attached hydrogen (secondary N) is 3. The summed E-state index contributed by atoms with van der Waals surface area (Å²) in [5.41, 5.74) is 2.97. The van der Waals surface area contributed by atoms with Gasteiger partial charge in [-0.3, -0.25) is 10.1 Å². The van der Waals surface area contributed by atoms with Gasteiger partial charge in [-0.25, -0.2) is 13.1 Å². The zero-order valence-electron chi connectivity index (χ0n) is 20.5. The van der Waals surface area contributed by atoms with Gasteiger partial charge in [-0.15, -0.1) is 0 Å². The van der Waals surface area contributed by atoms with E-state index in [-0.39, 0.29) is 22.5 Å². The fourth-order valence-electron chi connectivity index (χ4n) is 3.57. The summed E-state index contributed by atoms with van der Waals surface area (Å²) in [5.74, 6) is 0.199. The van der Waals surface area contributed by atoms with Crippen molar-refractivity contribution >= 4 is 38.9 Å². The van der Waals surface area contributed by atoms with Crippen LogP contribution in [0.3, 0.4) is 0 Å². The van der Waals surface area contributed by atoms with Gasteiger partial charge in [-0.2, -0.15) is 0 Å². The van der Waals surface area contributed by atoms with Gasteiger partial charge in [-0.1, -0.05) is 66.7 Å². The van der Waals surface area contributed by atoms with E-state index in [9.17, 15) is 13.2 Å². The Hall–Kier alpha value is -4.05. The highest BCUT2D eigenvalue weighted by atomic mass is 32.2. The fourth-order valence-corrected chi connectivity index (χ4v) is 4.80. The molecule has 4 rings (SSSR count). The summed E-state index contributed by atoms with van der Waals surface area (Å²) in [6.45, 7) is 0.682. The van der Waals surface area contributed by atoms with Crippen LogP contribution in [-0.2, 0) is 23.0 Å². The van der Waals surface area contributed by atoms with Gasteiger partial charge in [0.2, 0.25) is 10.0 Å². The molecule has 0 atom stereocenters. The predicted octanol–water partition coefficient (Wildman–Crippen LogP) is 4.91. The van der Waals surface area contributed by atoms with E-state index in [1.807, 2.05) is 60.7 Å². The molecule has 0 bridgehead atoms. The van der Waals surface area contributed by atoms with Crippen molar-refractivity contribution in [3.05, 3.63) is 126 Å². The Morgan fingerprint density at radius 2 is 1.45 bits per heavy atom. The summed E-state index contributed by atoms with van der Waals surface area (Å²) in [4.78, 5) is 12.8. The number of ether oxygens (including phenoxy) is 1. The zero-order valence-corrected chi connectivity index (χ0v) is 22.1. The lowest BCUT2D eigenvalue weighted by Crippen LogP contribution is -2.34. The minimum absolute atomic E-state index is 0.0863. The molecule has 7 nitrogen and oxygen atoms in total. The van der Waals surface area contributed by atoms with E-state index < -0.39 is 10.0 Å². The standard InChI is InChI=1S/C29H27N3O4S2/c33-28(24-12-7-13-26(20-24)36-19-18-22-8-3-1-4-9-22)32-29(37)31-25-14-16-27(17-15-25)38(34,35)30-21-23-10-5-2-6-11-23/h1-17,20,30H,18-19,21H2,(H2,31,32,33,37). The first-order valence-electron chi connectivity index (χ1n) is 11.9. The number of hydrogen-bond acceptors (Lipinski definition) is 5. The second-order valence-electron chi connectivity index (χ2n) is 8.35. The zero-order chi connectivity index (χ0) is 26.8. The molecule has 9 heteroatoms. The molecule has 0 aromatic heterocycles. The second-order valence-corrected chi connectivity index (χ2v) is 10.5. The molecule has 0 radical (unpaired) electrons. The lowest BCUT2D eigenvalue weighted by Gasteiger charge is -2.12. The Bertz CT molecular complexity index is 1480. The van der Waals surface area contributed by atoms with E-state index in [0.29, 0.717) is 23.6 Å². The maximum absolute atomic E-state index is 12.7. The van der Waals surface area contributed by atoms with Crippen molar-refractivity contribution in [3.63, 3.8) is 0 Å². The average Bonchev–Trinajstić information content (AvgIpc) is 2.93. The molecule has 0 heterocycles. The summed E-state index contributed by atoms with van der Waals surface area (Å²) < 4.78 is 33.5. The van der Waals surface area contributed by atoms with Crippen LogP contribution in [0.15, 0.2) is 114 Å². The highest BCUT2D eigenvalue weighted by molar-refractivity contribution is 7.89. The molecular weight excluding hydrogens is 518 g/mol. The summed E-state index contributed by atoms with van der Waals surface area (Å²) in [7, 11) is -3.68. The third-order valence-electron chi connectivity index (χ3n) is 5.56. The van der Waals surface area contributed by atoms with Crippen molar-refractivity contribution in [1.29, 1.82) is 0 Å². The number of hydrogen-bond donors (Lipinski definition) is 3. The van der Waals surface area contributed by atoms with Crippen LogP contribution in [0.25, 0.3) is 0 Å². The smallest absolute Gasteiger partial charge is 0.257 e. The normalized spacial score (nSPS) is 10.9. The molecule has 3 N–H and O–H groups in total. The number of carbonyl (C=O) groups excluding carboxylic acids is 1. The summed E-state index contributed by atoms with van der Waals surface area (Å²) in [5, 5.41) is 5.62. The lowest BCUT2D eigenvalue weighted by molar-refractivity contribution is 0.0977. The van der Waals surface area contributed by atoms with Gasteiger partial charge >= 0.3 is 0 Å². The maximum Gasteiger partial charge on any atom is 0.257 e. The first kappa shape index (κ1) is 27.0. The number of sulfonamides is 1. The molecule has 0 fully saturated rings. The minimum Gasteiger partial charge on any atom is -0.493 e. The summed E-state index contributed by atoms with van der Waals surface area (Å²) in [6.07, 6.45) is 0.758. The van der Waals surface area contributed by atoms with Crippen molar-refractivity contribution < 1.29 is 17.9 Å². The molecule has 0 saturated carbocycles. The quantitative estimate of drug-likeness (QED) is 0.245. The van der Waals surface area contributed by atoms with E-state index >= 15 is 0 Å². The number of benzene rings is 4. The molecule has 0 unspecified atom stereocenters. The van der Waals surface area contributed by atoms with Crippen LogP contribution in [0.1, 0.15) is 21.5 Å². The van der Waals surface area contributed by atoms with Gasteiger partial charge in [0, 0.05) is 24.2 Å². The highest BCUT2D eigenvalue weighted by Gasteiger charge is 2.14. The van der Waals surface area contributed by atoms with E-state index in [1.54, 1.807) is 36.4 Å². The molecule has 0 aliphatic heterocycles. The van der Waals surface area contributed by atoms with Crippen molar-refractivity contribution in [3.8, 4) is 5.75 Å². The van der Waals surface area contributed by atoms with Crippen LogP contribution >= 0.6 is 12.2 Å². The molecule has 0 aliphatic carbocycles. The van der Waals surface area contributed by atoms with Crippen molar-refractivity contribution in [2.24, 2.45) is 0 Å². The van der Waals surface area contributed by atoms with Crippen molar-refractivity contribution in [1.82, 2.24) is 10.0 Å². The Labute approximate surface area is 227 Å². The number of anilines is 1. The third-order valence-corrected chi connectivity index (χ3v) is 7.18. The lowest BCUT2D eigenvalue weighted by atomic mass is 10.2. The van der Waals surface area contributed by atoms with Crippen molar-refractivity contribution in [2.45, 2.75) is 17.9 Å². The average molecular weight is 546 g/mol. The number of carbonyl (C=O) groups is 1. The SMILES string of the molecule is O=C(NC(=S)Nc1ccc(S(=O)(=O)NCc2ccccc2)cc1)c1cccc(OCCc2ccccc2)c1. The second kappa shape index (κ2) is 13.0. The van der Waals surface area contributed by atoms with E-state index in [4.69, 9.17) is 17.0 Å². The molecule has 38 heavy (non-hydrogen) atoms. The molecular formula is C29H27N3O4S2. The molecule has 4 aromatic carbocycles. The van der Waals surface area contributed by atoms with Crippen LogP contribution in [-0.4, -0.2) is 26.0 Å². The van der Waals surface area contributed by atoms with E-state index in [2.05, 4.69) is 15.4 Å². The number of amides is 1. The molecule has 4 aromatic rings. The fraction of sp³-hybridized carbons (Fsp3) is 0.103. The van der Waals surface area contributed by atoms with Gasteiger partial charge in [0.05, 0.1) is 11.5 Å². The Balaban J connectivity index is 1.27. The van der Waals surface area contributed by atoms with Crippen LogP contribution in [0.5, 0.6) is 5.75 Å². The van der Waals surface area contributed by atoms with Crippen LogP contribution in [0.4, 0.5) is 5.69 Å². The molecule has 0 spiro atoms. The topological polar surface area (TPSA) is 96.5 Å². The summed E-state index contributed by atoms with van der Waals surface area (Å²) in [6, 6.07) is 32.2. The van der Waals surface area contributed by atoms with Gasteiger partial charge in [0.1, 0.15) is 5.75 Å². The third kappa shape index (κ3) is 7.97. The van der Waals surface area contributed by atoms with Crippen molar-refractivity contribution in [2.75, 3.05) is 11.9 Å². The van der Waals surface area contributed by atoms with E-state index in [1.165, 1.54) is 17.7 Å². The Morgan fingerprint density at radius 3 is 2.13 bits per heavy atom. The van der Waals surface area contributed by atoms with Gasteiger partial charge in [0.15, 0.2) is 5.11 Å². The van der Waals surface area contributed by atoms with E-state index in [0.717, 1.165) is 12.0 Å². The highest BCUT2D eigenvalue weighted by Crippen LogP contribution is 2.16. The first-order valence-corrected chi connectivity index (χ1v) is 13.8. The largest absolute Gasteiger partial charge is 0.493 e. The minimum atomic E-state index is -3.68. The van der Waals surface area contributed by atoms with Gasteiger partial charge < -0.3 is 10.1 Å². The first-order chi connectivity index (χ1) is 18.4. The summed E-state index contributed by atoms with van der Waals surface area (Å²) >= 11 is 5.27. The van der Waals surface area contributed by atoms with Crippen LogP contribution in [0.2, 0.25) is 0 Å². The molecule has 0 saturated heterocycles. The van der Waals surface area contributed by atoms with Gasteiger partial charge in [0.25, 0.3) is 5.91 Å². The molecule has 194 valence electrons. The maximum atomic E-state index is 12.7. The number of rotatable bonds is 10. The predicted molar refractivity (Wildman–Crippen MR) is 153 cm³/mol. The van der Waals surface area contributed by atoms with Crippen LogP contribution in [0, 0.1) is 0 Å². The number of thiocarbonyl (C=S) groups is 1. The monoisotopic (exact) mass is 545 g/mol. The van der Waals surface area contributed by atoms with Crippen LogP contribution < -0.4 is 20.1 Å². The Morgan fingerprint density at radius 1 is 0.789 bits per heavy atom. The molecule has 0 aliphatic rings. The Kier molecular flexibility index (Phi) is 9.21. The van der Waals surface area contributed by atoms with Gasteiger partial charge in [-0.05, 0) is 65.8 Å².